The van der Waals surface area contributed by atoms with E-state index in [0.717, 1.165) is 19.6 Å². The Balaban J connectivity index is 1.26. The Morgan fingerprint density at radius 2 is 1.58 bits per heavy atom. The van der Waals surface area contributed by atoms with Crippen molar-refractivity contribution in [2.24, 2.45) is 11.1 Å². The number of carbonyl (C=O) groups excluding carboxylic acids is 1. The number of piperazine rings is 1. The lowest BCUT2D eigenvalue weighted by Gasteiger charge is -2.58. The fourth-order valence-electron chi connectivity index (χ4n) is 7.00. The zero-order valence-electron chi connectivity index (χ0n) is 22.6. The van der Waals surface area contributed by atoms with E-state index in [2.05, 4.69) is 66.7 Å². The third-order valence-electron chi connectivity index (χ3n) is 9.31. The molecule has 1 unspecified atom stereocenters. The highest BCUT2D eigenvalue weighted by molar-refractivity contribution is 5.93. The third kappa shape index (κ3) is 4.92. The molecule has 36 heavy (non-hydrogen) atoms. The zero-order chi connectivity index (χ0) is 25.4. The summed E-state index contributed by atoms with van der Waals surface area (Å²) in [6.07, 6.45) is 5.20. The van der Waals surface area contributed by atoms with Crippen molar-refractivity contribution in [1.82, 2.24) is 9.80 Å². The van der Waals surface area contributed by atoms with Gasteiger partial charge < -0.3 is 10.6 Å². The molecule has 3 aliphatic rings. The number of benzene rings is 2. The predicted octanol–water partition coefficient (Wildman–Crippen LogP) is 5.43. The molecule has 0 radical (unpaired) electrons. The van der Waals surface area contributed by atoms with Crippen LogP contribution in [-0.2, 0) is 0 Å². The van der Waals surface area contributed by atoms with Gasteiger partial charge in [-0.15, -0.1) is 0 Å². The van der Waals surface area contributed by atoms with E-state index < -0.39 is 0 Å². The number of carbonyl (C=O) groups is 1. The van der Waals surface area contributed by atoms with Gasteiger partial charge in [0, 0.05) is 62.1 Å². The Kier molecular flexibility index (Phi) is 7.15. The van der Waals surface area contributed by atoms with Crippen LogP contribution in [0.15, 0.2) is 48.5 Å². The van der Waals surface area contributed by atoms with Crippen molar-refractivity contribution in [3.63, 3.8) is 0 Å². The Labute approximate surface area is 217 Å². The standard InChI is InChI=1S/C31H44N4O/c1-22(2)27-7-5-6-8-28(27)29-21-34(23(3)4)17-18-35(29)26-19-31(20-26)13-15-33(16-14-31)25-11-9-24(10-12-25)30(32)36/h5-12,22-23,26,29H,13-21H2,1-4H3,(H2,32,36). The number of nitrogens with zero attached hydrogens (tertiary/aromatic N) is 3. The summed E-state index contributed by atoms with van der Waals surface area (Å²) in [6, 6.07) is 18.8. The summed E-state index contributed by atoms with van der Waals surface area (Å²) in [7, 11) is 0. The molecule has 2 aromatic rings. The Morgan fingerprint density at radius 3 is 2.19 bits per heavy atom. The van der Waals surface area contributed by atoms with Gasteiger partial charge in [0.25, 0.3) is 0 Å². The Bertz CT molecular complexity index is 1050. The highest BCUT2D eigenvalue weighted by Gasteiger charge is 2.50. The van der Waals surface area contributed by atoms with Gasteiger partial charge in [-0.1, -0.05) is 38.1 Å². The molecule has 2 N–H and O–H groups in total. The smallest absolute Gasteiger partial charge is 0.248 e. The van der Waals surface area contributed by atoms with Crippen LogP contribution in [0.1, 0.15) is 86.8 Å². The molecule has 0 aromatic heterocycles. The molecule has 2 saturated heterocycles. The third-order valence-corrected chi connectivity index (χ3v) is 9.31. The van der Waals surface area contributed by atoms with Gasteiger partial charge in [0.1, 0.15) is 0 Å². The van der Waals surface area contributed by atoms with Crippen LogP contribution >= 0.6 is 0 Å². The van der Waals surface area contributed by atoms with E-state index in [9.17, 15) is 4.79 Å². The predicted molar refractivity (Wildman–Crippen MR) is 149 cm³/mol. The lowest BCUT2D eigenvalue weighted by molar-refractivity contribution is -0.0656. The fourth-order valence-corrected chi connectivity index (χ4v) is 7.00. The van der Waals surface area contributed by atoms with E-state index in [-0.39, 0.29) is 5.91 Å². The molecule has 5 rings (SSSR count). The van der Waals surface area contributed by atoms with Gasteiger partial charge in [0.2, 0.25) is 5.91 Å². The lowest BCUT2D eigenvalue weighted by Crippen LogP contribution is -2.60. The first kappa shape index (κ1) is 25.3. The lowest BCUT2D eigenvalue weighted by atomic mass is 9.59. The summed E-state index contributed by atoms with van der Waals surface area (Å²) in [5.41, 5.74) is 10.8. The molecule has 1 spiro atoms. The summed E-state index contributed by atoms with van der Waals surface area (Å²) in [6.45, 7) is 15.0. The molecule has 194 valence electrons. The van der Waals surface area contributed by atoms with E-state index in [1.165, 1.54) is 50.0 Å². The Hall–Kier alpha value is -2.37. The first-order chi connectivity index (χ1) is 17.3. The van der Waals surface area contributed by atoms with Crippen molar-refractivity contribution in [2.45, 2.75) is 77.4 Å². The van der Waals surface area contributed by atoms with Gasteiger partial charge in [0.05, 0.1) is 0 Å². The second-order valence-corrected chi connectivity index (χ2v) is 12.1. The minimum atomic E-state index is -0.358. The molecule has 5 nitrogen and oxygen atoms in total. The minimum Gasteiger partial charge on any atom is -0.371 e. The van der Waals surface area contributed by atoms with E-state index in [4.69, 9.17) is 5.73 Å². The van der Waals surface area contributed by atoms with Crippen molar-refractivity contribution in [3.8, 4) is 0 Å². The van der Waals surface area contributed by atoms with Crippen LogP contribution in [0.4, 0.5) is 5.69 Å². The number of anilines is 1. The van der Waals surface area contributed by atoms with Crippen molar-refractivity contribution < 1.29 is 4.79 Å². The quantitative estimate of drug-likeness (QED) is 0.589. The van der Waals surface area contributed by atoms with Crippen LogP contribution in [0.5, 0.6) is 0 Å². The van der Waals surface area contributed by atoms with Crippen LogP contribution in [0, 0.1) is 5.41 Å². The number of hydrogen-bond acceptors (Lipinski definition) is 4. The van der Waals surface area contributed by atoms with Gasteiger partial charge in [-0.25, -0.2) is 0 Å². The number of piperidine rings is 1. The van der Waals surface area contributed by atoms with Crippen molar-refractivity contribution in [3.05, 3.63) is 65.2 Å². The molecule has 0 bridgehead atoms. The average molecular weight is 489 g/mol. The van der Waals surface area contributed by atoms with E-state index in [0.29, 0.717) is 35.0 Å². The number of hydrogen-bond donors (Lipinski definition) is 1. The van der Waals surface area contributed by atoms with Crippen LogP contribution in [0.25, 0.3) is 0 Å². The maximum atomic E-state index is 11.4. The van der Waals surface area contributed by atoms with Gasteiger partial charge in [-0.3, -0.25) is 14.6 Å². The largest absolute Gasteiger partial charge is 0.371 e. The molecule has 5 heteroatoms. The molecule has 2 aromatic carbocycles. The van der Waals surface area contributed by atoms with Gasteiger partial charge in [-0.2, -0.15) is 0 Å². The SMILES string of the molecule is CC(C)c1ccccc1C1CN(C(C)C)CCN1C1CC2(CCN(c3ccc(C(N)=O)cc3)CC2)C1. The molecule has 2 heterocycles. The van der Waals surface area contributed by atoms with Gasteiger partial charge >= 0.3 is 0 Å². The second kappa shape index (κ2) is 10.2. The fraction of sp³-hybridized carbons (Fsp3) is 0.581. The second-order valence-electron chi connectivity index (χ2n) is 12.1. The van der Waals surface area contributed by atoms with Crippen LogP contribution in [-0.4, -0.2) is 60.5 Å². The molecule has 1 saturated carbocycles. The van der Waals surface area contributed by atoms with E-state index >= 15 is 0 Å². The van der Waals surface area contributed by atoms with E-state index in [1.807, 2.05) is 24.3 Å². The monoisotopic (exact) mass is 488 g/mol. The summed E-state index contributed by atoms with van der Waals surface area (Å²) >= 11 is 0. The topological polar surface area (TPSA) is 52.8 Å². The van der Waals surface area contributed by atoms with Crippen LogP contribution in [0.3, 0.4) is 0 Å². The first-order valence-corrected chi connectivity index (χ1v) is 14.0. The number of rotatable bonds is 6. The highest BCUT2D eigenvalue weighted by Crippen LogP contribution is 2.53. The number of primary amides is 1. The summed E-state index contributed by atoms with van der Waals surface area (Å²) < 4.78 is 0. The molecular weight excluding hydrogens is 444 g/mol. The normalized spacial score (nSPS) is 23.4. The van der Waals surface area contributed by atoms with Gasteiger partial charge in [0.15, 0.2) is 0 Å². The molecule has 1 atom stereocenters. The molecule has 1 amide bonds. The molecule has 3 fully saturated rings. The highest BCUT2D eigenvalue weighted by atomic mass is 16.1. The van der Waals surface area contributed by atoms with E-state index in [1.54, 1.807) is 5.56 Å². The maximum Gasteiger partial charge on any atom is 0.248 e. The van der Waals surface area contributed by atoms with Crippen LogP contribution < -0.4 is 10.6 Å². The van der Waals surface area contributed by atoms with Crippen molar-refractivity contribution in [1.29, 1.82) is 0 Å². The summed E-state index contributed by atoms with van der Waals surface area (Å²) in [5, 5.41) is 0. The molecule has 1 aliphatic carbocycles. The number of amides is 1. The van der Waals surface area contributed by atoms with Crippen LogP contribution in [0.2, 0.25) is 0 Å². The maximum absolute atomic E-state index is 11.4. The minimum absolute atomic E-state index is 0.358. The average Bonchev–Trinajstić information content (AvgIpc) is 2.87. The van der Waals surface area contributed by atoms with Crippen molar-refractivity contribution in [2.75, 3.05) is 37.6 Å². The van der Waals surface area contributed by atoms with Crippen molar-refractivity contribution >= 4 is 11.6 Å². The van der Waals surface area contributed by atoms with Gasteiger partial charge in [-0.05, 0) is 86.3 Å². The Morgan fingerprint density at radius 1 is 0.917 bits per heavy atom. The first-order valence-electron chi connectivity index (χ1n) is 14.0. The number of nitrogens with two attached hydrogens (primary N) is 1. The zero-order valence-corrected chi connectivity index (χ0v) is 22.6. The molecule has 2 aliphatic heterocycles. The summed E-state index contributed by atoms with van der Waals surface area (Å²) in [4.78, 5) is 19.4. The summed E-state index contributed by atoms with van der Waals surface area (Å²) in [5.74, 6) is 0.190. The molecular formula is C31H44N4O.